The average Bonchev–Trinajstić information content (AvgIpc) is 2.72. The number of sulfone groups is 1. The van der Waals surface area contributed by atoms with Gasteiger partial charge in [0, 0.05) is 17.3 Å². The molecule has 5 nitrogen and oxygen atoms in total. The number of hydrogen-bond acceptors (Lipinski definition) is 5. The number of aryl methyl sites for hydroxylation is 2. The van der Waals surface area contributed by atoms with Crippen LogP contribution in [0, 0.1) is 13.8 Å². The molecule has 0 bridgehead atoms. The van der Waals surface area contributed by atoms with Crippen LogP contribution in [0.4, 0.5) is 0 Å². The Hall–Kier alpha value is -3.25. The lowest BCUT2D eigenvalue weighted by molar-refractivity contribution is 0.103. The Morgan fingerprint density at radius 1 is 1.03 bits per heavy atom. The second-order valence-corrected chi connectivity index (χ2v) is 9.31. The maximum atomic E-state index is 12.8. The van der Waals surface area contributed by atoms with Crippen LogP contribution in [0.1, 0.15) is 32.7 Å². The van der Waals surface area contributed by atoms with Crippen LogP contribution in [0.5, 0.6) is 5.75 Å². The van der Waals surface area contributed by atoms with Gasteiger partial charge in [-0.25, -0.2) is 8.42 Å². The monoisotopic (exact) mass is 419 g/mol. The Balaban J connectivity index is 1.64. The van der Waals surface area contributed by atoms with Gasteiger partial charge in [0.1, 0.15) is 12.4 Å². The van der Waals surface area contributed by atoms with E-state index in [1.807, 2.05) is 44.2 Å². The van der Waals surface area contributed by atoms with E-state index < -0.39 is 9.84 Å². The molecule has 1 aromatic heterocycles. The van der Waals surface area contributed by atoms with Crippen molar-refractivity contribution in [3.05, 3.63) is 94.3 Å². The number of nitrogens with zero attached hydrogens (tertiary/aromatic N) is 1. The van der Waals surface area contributed by atoms with Gasteiger partial charge in [0.05, 0.1) is 16.3 Å². The number of pyridine rings is 1. The minimum absolute atomic E-state index is 0.109. The highest BCUT2D eigenvalue weighted by Gasteiger charge is 2.32. The van der Waals surface area contributed by atoms with Gasteiger partial charge in [-0.3, -0.25) is 9.78 Å². The van der Waals surface area contributed by atoms with E-state index in [4.69, 9.17) is 4.74 Å². The highest BCUT2D eigenvalue weighted by atomic mass is 32.2. The van der Waals surface area contributed by atoms with Crippen LogP contribution in [-0.4, -0.2) is 24.9 Å². The number of ketones is 1. The normalized spacial score (nSPS) is 16.3. The first-order valence-electron chi connectivity index (χ1n) is 9.56. The SMILES string of the molecule is Cc1cc(/C=C2/CS(=O)(=O)c3ccccc3C2=O)cc(C)c1OCc1ccccn1. The summed E-state index contributed by atoms with van der Waals surface area (Å²) in [5.41, 5.74) is 3.93. The van der Waals surface area contributed by atoms with Crippen molar-refractivity contribution in [2.24, 2.45) is 0 Å². The highest BCUT2D eigenvalue weighted by Crippen LogP contribution is 2.31. The van der Waals surface area contributed by atoms with Gasteiger partial charge in [0.25, 0.3) is 0 Å². The quantitative estimate of drug-likeness (QED) is 0.589. The first-order chi connectivity index (χ1) is 14.3. The van der Waals surface area contributed by atoms with Gasteiger partial charge in [-0.05, 0) is 73.0 Å². The van der Waals surface area contributed by atoms with E-state index in [1.54, 1.807) is 30.5 Å². The first-order valence-corrected chi connectivity index (χ1v) is 11.2. The van der Waals surface area contributed by atoms with Gasteiger partial charge in [0.15, 0.2) is 15.6 Å². The van der Waals surface area contributed by atoms with Gasteiger partial charge >= 0.3 is 0 Å². The Bertz CT molecular complexity index is 1240. The van der Waals surface area contributed by atoms with Crippen LogP contribution in [0.25, 0.3) is 6.08 Å². The first kappa shape index (κ1) is 20.0. The van der Waals surface area contributed by atoms with Crippen LogP contribution in [0.2, 0.25) is 0 Å². The molecule has 0 radical (unpaired) electrons. The molecule has 0 spiro atoms. The van der Waals surface area contributed by atoms with Crippen molar-refractivity contribution in [1.29, 1.82) is 0 Å². The second kappa shape index (κ2) is 7.88. The number of hydrogen-bond donors (Lipinski definition) is 0. The Kier molecular flexibility index (Phi) is 5.26. The number of benzene rings is 2. The molecule has 152 valence electrons. The zero-order valence-electron chi connectivity index (χ0n) is 16.8. The lowest BCUT2D eigenvalue weighted by Crippen LogP contribution is -2.24. The second-order valence-electron chi connectivity index (χ2n) is 7.35. The zero-order valence-corrected chi connectivity index (χ0v) is 17.6. The summed E-state index contributed by atoms with van der Waals surface area (Å²) in [7, 11) is -3.53. The summed E-state index contributed by atoms with van der Waals surface area (Å²) in [5.74, 6) is 0.223. The molecule has 3 aromatic rings. The van der Waals surface area contributed by atoms with Crippen molar-refractivity contribution < 1.29 is 17.9 Å². The molecule has 0 aliphatic carbocycles. The van der Waals surface area contributed by atoms with Crippen molar-refractivity contribution in [2.45, 2.75) is 25.3 Å². The molecule has 2 aromatic carbocycles. The topological polar surface area (TPSA) is 73.3 Å². The lowest BCUT2D eigenvalue weighted by Gasteiger charge is -2.18. The van der Waals surface area contributed by atoms with E-state index in [2.05, 4.69) is 4.98 Å². The van der Waals surface area contributed by atoms with E-state index in [1.165, 1.54) is 6.07 Å². The number of rotatable bonds is 4. The molecule has 1 aliphatic rings. The Morgan fingerprint density at radius 3 is 2.43 bits per heavy atom. The third-order valence-corrected chi connectivity index (χ3v) is 6.74. The summed E-state index contributed by atoms with van der Waals surface area (Å²) in [6, 6.07) is 15.8. The number of fused-ring (bicyclic) bond motifs is 1. The summed E-state index contributed by atoms with van der Waals surface area (Å²) in [6.45, 7) is 4.21. The molecular formula is C24H21NO4S. The van der Waals surface area contributed by atoms with Crippen molar-refractivity contribution >= 4 is 21.7 Å². The Labute approximate surface area is 176 Å². The third-order valence-electron chi connectivity index (χ3n) is 5.02. The highest BCUT2D eigenvalue weighted by molar-refractivity contribution is 7.91. The fraction of sp³-hybridized carbons (Fsp3) is 0.167. The summed E-state index contributed by atoms with van der Waals surface area (Å²) < 4.78 is 31.2. The van der Waals surface area contributed by atoms with E-state index in [-0.39, 0.29) is 27.6 Å². The predicted molar refractivity (Wildman–Crippen MR) is 115 cm³/mol. The lowest BCUT2D eigenvalue weighted by atomic mass is 9.99. The maximum Gasteiger partial charge on any atom is 0.191 e. The molecule has 0 saturated heterocycles. The molecule has 0 amide bonds. The largest absolute Gasteiger partial charge is 0.487 e. The van der Waals surface area contributed by atoms with Gasteiger partial charge < -0.3 is 4.74 Å². The smallest absolute Gasteiger partial charge is 0.191 e. The van der Waals surface area contributed by atoms with Crippen LogP contribution >= 0.6 is 0 Å². The summed E-state index contributed by atoms with van der Waals surface area (Å²) in [6.07, 6.45) is 3.39. The molecule has 0 N–H and O–H groups in total. The number of ether oxygens (including phenoxy) is 1. The van der Waals surface area contributed by atoms with Crippen molar-refractivity contribution in [2.75, 3.05) is 5.75 Å². The number of aromatic nitrogens is 1. The van der Waals surface area contributed by atoms with Crippen LogP contribution in [0.15, 0.2) is 71.3 Å². The van der Waals surface area contributed by atoms with Gasteiger partial charge in [-0.1, -0.05) is 18.2 Å². The summed E-state index contributed by atoms with van der Waals surface area (Å²) in [5, 5.41) is 0. The molecule has 2 heterocycles. The summed E-state index contributed by atoms with van der Waals surface area (Å²) >= 11 is 0. The van der Waals surface area contributed by atoms with Crippen LogP contribution < -0.4 is 4.74 Å². The number of carbonyl (C=O) groups is 1. The van der Waals surface area contributed by atoms with Crippen LogP contribution in [0.3, 0.4) is 0 Å². The minimum Gasteiger partial charge on any atom is -0.487 e. The molecule has 0 atom stereocenters. The zero-order chi connectivity index (χ0) is 21.3. The molecule has 0 fully saturated rings. The fourth-order valence-electron chi connectivity index (χ4n) is 3.68. The van der Waals surface area contributed by atoms with Gasteiger partial charge in [0.2, 0.25) is 0 Å². The Morgan fingerprint density at radius 2 is 1.73 bits per heavy atom. The molecule has 0 unspecified atom stereocenters. The minimum atomic E-state index is -3.53. The average molecular weight is 420 g/mol. The van der Waals surface area contributed by atoms with Gasteiger partial charge in [-0.15, -0.1) is 0 Å². The molecular weight excluding hydrogens is 398 g/mol. The van der Waals surface area contributed by atoms with E-state index in [0.29, 0.717) is 6.61 Å². The fourth-order valence-corrected chi connectivity index (χ4v) is 5.24. The van der Waals surface area contributed by atoms with Crippen molar-refractivity contribution in [3.63, 3.8) is 0 Å². The van der Waals surface area contributed by atoms with E-state index in [9.17, 15) is 13.2 Å². The molecule has 6 heteroatoms. The van der Waals surface area contributed by atoms with Crippen LogP contribution in [-0.2, 0) is 16.4 Å². The van der Waals surface area contributed by atoms with Crippen molar-refractivity contribution in [3.8, 4) is 5.75 Å². The molecule has 30 heavy (non-hydrogen) atoms. The van der Waals surface area contributed by atoms with E-state index in [0.717, 1.165) is 28.1 Å². The molecule has 1 aliphatic heterocycles. The van der Waals surface area contributed by atoms with Crippen molar-refractivity contribution in [1.82, 2.24) is 4.98 Å². The standard InChI is InChI=1S/C24H21NO4S/c1-16-11-18(12-17(2)24(16)29-14-20-7-5-6-10-25-20)13-19-15-30(27,28)22-9-4-3-8-21(22)23(19)26/h3-13H,14-15H2,1-2H3/b19-13-. The maximum absolute atomic E-state index is 12.8. The molecule has 0 saturated carbocycles. The third kappa shape index (κ3) is 3.91. The number of Topliss-reactive ketones (excluding diaryl/α,β-unsaturated/α-hetero) is 1. The number of carbonyl (C=O) groups excluding carboxylic acids is 1. The van der Waals surface area contributed by atoms with Gasteiger partial charge in [-0.2, -0.15) is 0 Å². The summed E-state index contributed by atoms with van der Waals surface area (Å²) in [4.78, 5) is 17.2. The van der Waals surface area contributed by atoms with E-state index >= 15 is 0 Å². The predicted octanol–water partition coefficient (Wildman–Crippen LogP) is 4.33. The molecule has 4 rings (SSSR count).